The molecule has 1 atom stereocenters. The van der Waals surface area contributed by atoms with E-state index in [1.165, 1.54) is 0 Å². The van der Waals surface area contributed by atoms with E-state index in [0.717, 1.165) is 27.8 Å². The summed E-state index contributed by atoms with van der Waals surface area (Å²) in [6.45, 7) is 4.17. The highest BCUT2D eigenvalue weighted by Gasteiger charge is 2.24. The largest absolute Gasteiger partial charge is 0.341 e. The Morgan fingerprint density at radius 2 is 1.85 bits per heavy atom. The molecule has 0 bridgehead atoms. The van der Waals surface area contributed by atoms with Crippen molar-refractivity contribution >= 4 is 27.8 Å². The van der Waals surface area contributed by atoms with Gasteiger partial charge in [-0.2, -0.15) is 0 Å². The maximum atomic E-state index is 13.0. The minimum absolute atomic E-state index is 0.0946. The third-order valence-electron chi connectivity index (χ3n) is 4.84. The van der Waals surface area contributed by atoms with Gasteiger partial charge in [0.1, 0.15) is 11.5 Å². The van der Waals surface area contributed by atoms with Gasteiger partial charge in [-0.3, -0.25) is 4.79 Å². The van der Waals surface area contributed by atoms with Crippen molar-refractivity contribution in [1.29, 1.82) is 0 Å². The molecule has 0 radical (unpaired) electrons. The van der Waals surface area contributed by atoms with Gasteiger partial charge in [-0.25, -0.2) is 4.98 Å². The van der Waals surface area contributed by atoms with Crippen molar-refractivity contribution in [2.45, 2.75) is 19.9 Å². The van der Waals surface area contributed by atoms with E-state index < -0.39 is 0 Å². The van der Waals surface area contributed by atoms with Crippen molar-refractivity contribution in [1.82, 2.24) is 19.9 Å². The molecule has 0 aliphatic heterocycles. The van der Waals surface area contributed by atoms with E-state index in [1.54, 1.807) is 0 Å². The highest BCUT2D eigenvalue weighted by atomic mass is 16.2. The molecule has 0 saturated heterocycles. The fourth-order valence-electron chi connectivity index (χ4n) is 3.39. The van der Waals surface area contributed by atoms with Gasteiger partial charge in [-0.15, -0.1) is 0 Å². The maximum Gasteiger partial charge on any atom is 0.268 e. The summed E-state index contributed by atoms with van der Waals surface area (Å²) < 4.78 is 1.93. The van der Waals surface area contributed by atoms with Crippen molar-refractivity contribution in [2.24, 2.45) is 13.0 Å². The molecule has 1 unspecified atom stereocenters. The first kappa shape index (κ1) is 16.4. The first-order valence-electron chi connectivity index (χ1n) is 8.84. The third-order valence-corrected chi connectivity index (χ3v) is 4.84. The average Bonchev–Trinajstić information content (AvgIpc) is 3.21. The quantitative estimate of drug-likeness (QED) is 0.582. The summed E-state index contributed by atoms with van der Waals surface area (Å²) in [5.74, 6) is 0.894. The summed E-state index contributed by atoms with van der Waals surface area (Å²) in [6.07, 6.45) is 0. The lowest BCUT2D eigenvalue weighted by Crippen LogP contribution is -2.33. The lowest BCUT2D eigenvalue weighted by atomic mass is 10.0. The van der Waals surface area contributed by atoms with Crippen LogP contribution < -0.4 is 5.32 Å². The Morgan fingerprint density at radius 1 is 1.12 bits per heavy atom. The molecule has 5 heteroatoms. The Hall–Kier alpha value is -3.08. The van der Waals surface area contributed by atoms with Gasteiger partial charge in [-0.05, 0) is 30.2 Å². The highest BCUT2D eigenvalue weighted by Crippen LogP contribution is 2.24. The van der Waals surface area contributed by atoms with E-state index in [4.69, 9.17) is 0 Å². The number of benzene rings is 2. The van der Waals surface area contributed by atoms with Gasteiger partial charge in [0.05, 0.1) is 17.1 Å². The number of rotatable bonds is 4. The van der Waals surface area contributed by atoms with Crippen LogP contribution in [0.2, 0.25) is 0 Å². The van der Waals surface area contributed by atoms with Gasteiger partial charge in [-0.1, -0.05) is 44.2 Å². The molecule has 0 saturated carbocycles. The van der Waals surface area contributed by atoms with Gasteiger partial charge < -0.3 is 14.9 Å². The van der Waals surface area contributed by atoms with Gasteiger partial charge in [0.2, 0.25) is 0 Å². The van der Waals surface area contributed by atoms with Crippen LogP contribution in [-0.4, -0.2) is 20.4 Å². The van der Waals surface area contributed by atoms with Crippen LogP contribution >= 0.6 is 0 Å². The van der Waals surface area contributed by atoms with Crippen LogP contribution in [0.15, 0.2) is 54.6 Å². The molecule has 2 N–H and O–H groups in total. The number of carbonyl (C=O) groups excluding carboxylic acids is 1. The van der Waals surface area contributed by atoms with Crippen molar-refractivity contribution in [2.75, 3.05) is 0 Å². The number of aromatic amines is 1. The zero-order valence-corrected chi connectivity index (χ0v) is 15.2. The second-order valence-corrected chi connectivity index (χ2v) is 6.98. The molecule has 132 valence electrons. The lowest BCUT2D eigenvalue weighted by Gasteiger charge is -2.20. The number of amides is 1. The number of H-pyrrole nitrogens is 1. The number of hydrogen-bond acceptors (Lipinski definition) is 2. The second-order valence-electron chi connectivity index (χ2n) is 6.98. The molecule has 2 heterocycles. The number of aromatic nitrogens is 3. The number of aryl methyl sites for hydroxylation is 1. The molecular weight excluding hydrogens is 324 g/mol. The zero-order chi connectivity index (χ0) is 18.3. The number of para-hydroxylation sites is 3. The monoisotopic (exact) mass is 346 g/mol. The third kappa shape index (κ3) is 2.75. The number of nitrogens with one attached hydrogen (secondary N) is 2. The van der Waals surface area contributed by atoms with E-state index in [2.05, 4.69) is 29.1 Å². The Morgan fingerprint density at radius 3 is 2.58 bits per heavy atom. The number of imidazole rings is 1. The van der Waals surface area contributed by atoms with E-state index in [0.29, 0.717) is 5.69 Å². The fraction of sp³-hybridized carbons (Fsp3) is 0.238. The molecule has 2 aromatic carbocycles. The number of nitrogens with zero attached hydrogens (tertiary/aromatic N) is 2. The SMILES string of the molecule is CC(C)C(NC(=O)c1cc2ccccc2n1C)c1nc2ccccc2[nH]1. The van der Waals surface area contributed by atoms with Gasteiger partial charge >= 0.3 is 0 Å². The summed E-state index contributed by atoms with van der Waals surface area (Å²) in [5.41, 5.74) is 3.58. The molecule has 0 spiro atoms. The minimum atomic E-state index is -0.187. The summed E-state index contributed by atoms with van der Waals surface area (Å²) in [4.78, 5) is 21.0. The lowest BCUT2D eigenvalue weighted by molar-refractivity contribution is 0.0915. The zero-order valence-electron chi connectivity index (χ0n) is 15.2. The summed E-state index contributed by atoms with van der Waals surface area (Å²) in [6, 6.07) is 17.6. The standard InChI is InChI=1S/C21H22N4O/c1-13(2)19(20-22-15-9-5-6-10-16(15)23-20)24-21(26)18-12-14-8-4-7-11-17(14)25(18)3/h4-13,19H,1-3H3,(H,22,23)(H,24,26). The topological polar surface area (TPSA) is 62.7 Å². The molecule has 0 aliphatic rings. The van der Waals surface area contributed by atoms with Crippen LogP contribution in [-0.2, 0) is 7.05 Å². The summed E-state index contributed by atoms with van der Waals surface area (Å²) in [5, 5.41) is 4.22. The average molecular weight is 346 g/mol. The van der Waals surface area contributed by atoms with E-state index in [1.807, 2.05) is 66.2 Å². The van der Waals surface area contributed by atoms with Crippen molar-refractivity contribution in [3.05, 3.63) is 66.1 Å². The van der Waals surface area contributed by atoms with E-state index in [9.17, 15) is 4.79 Å². The number of hydrogen-bond donors (Lipinski definition) is 2. The molecule has 0 aliphatic carbocycles. The Balaban J connectivity index is 1.67. The molecule has 1 amide bonds. The van der Waals surface area contributed by atoms with Crippen LogP contribution in [0.25, 0.3) is 21.9 Å². The Kier molecular flexibility index (Phi) is 3.99. The minimum Gasteiger partial charge on any atom is -0.341 e. The van der Waals surface area contributed by atoms with Crippen molar-refractivity contribution in [3.63, 3.8) is 0 Å². The predicted octanol–water partition coefficient (Wildman–Crippen LogP) is 4.18. The molecule has 5 nitrogen and oxygen atoms in total. The fourth-order valence-corrected chi connectivity index (χ4v) is 3.39. The van der Waals surface area contributed by atoms with Gasteiger partial charge in [0, 0.05) is 18.0 Å². The maximum absolute atomic E-state index is 13.0. The molecule has 4 aromatic rings. The summed E-state index contributed by atoms with van der Waals surface area (Å²) in [7, 11) is 1.92. The van der Waals surface area contributed by atoms with Crippen LogP contribution in [0.4, 0.5) is 0 Å². The Bertz CT molecular complexity index is 1060. The normalized spacial score (nSPS) is 12.8. The summed E-state index contributed by atoms with van der Waals surface area (Å²) >= 11 is 0. The van der Waals surface area contributed by atoms with Gasteiger partial charge in [0.15, 0.2) is 0 Å². The van der Waals surface area contributed by atoms with Crippen molar-refractivity contribution < 1.29 is 4.79 Å². The van der Waals surface area contributed by atoms with Crippen LogP contribution in [0, 0.1) is 5.92 Å². The molecular formula is C21H22N4O. The molecule has 4 rings (SSSR count). The predicted molar refractivity (Wildman–Crippen MR) is 104 cm³/mol. The van der Waals surface area contributed by atoms with E-state index >= 15 is 0 Å². The molecule has 26 heavy (non-hydrogen) atoms. The Labute approximate surface area is 152 Å². The number of fused-ring (bicyclic) bond motifs is 2. The molecule has 0 fully saturated rings. The second kappa shape index (κ2) is 6.33. The first-order chi connectivity index (χ1) is 12.5. The smallest absolute Gasteiger partial charge is 0.268 e. The van der Waals surface area contributed by atoms with Crippen molar-refractivity contribution in [3.8, 4) is 0 Å². The van der Waals surface area contributed by atoms with Crippen LogP contribution in [0.3, 0.4) is 0 Å². The van der Waals surface area contributed by atoms with Crippen LogP contribution in [0.1, 0.15) is 36.2 Å². The highest BCUT2D eigenvalue weighted by molar-refractivity contribution is 5.98. The first-order valence-corrected chi connectivity index (χ1v) is 8.84. The van der Waals surface area contributed by atoms with Crippen LogP contribution in [0.5, 0.6) is 0 Å². The van der Waals surface area contributed by atoms with E-state index in [-0.39, 0.29) is 17.9 Å². The molecule has 2 aromatic heterocycles. The number of carbonyl (C=O) groups is 1. The van der Waals surface area contributed by atoms with Gasteiger partial charge in [0.25, 0.3) is 5.91 Å².